The Kier molecular flexibility index (Phi) is 29.8. The summed E-state index contributed by atoms with van der Waals surface area (Å²) >= 11 is 0. The first kappa shape index (κ1) is 82.1. The van der Waals surface area contributed by atoms with Gasteiger partial charge in [-0.3, -0.25) is 19.2 Å². The highest BCUT2D eigenvalue weighted by molar-refractivity contribution is 5.77. The SMILES string of the molecule is C=CCO[C@@H]1O[C@H](CO)[C@@H](O[C@@H]2O[C@H](CO)[C@H](O)[C@H](O[C@@H]3O[C@H](CO)[C@@H](O[C@@H]4O[C@H](CO)[C@H](O)[C@H](O[C@@H]5O[C@H](CO)[C@@H](O[C@@H]6O[C@H](CO)[C@H](O)[C@H](O[C@]7(C(=O)O)C[C@H](O)[C@@H](NC(C)=O)[C@H]([C@H](O)[C@H](O)CO)O7)[C@H]6O)[C@H](O)[C@H]5NC(C)=O)[C@H]4O)[C@H](O)[C@H]3NC(C)=O)[C@H]2O)[C@H](O)[C@H]1NC(C)=O. The molecule has 7 rings (SSSR count). The molecule has 0 aromatic carbocycles. The van der Waals surface area contributed by atoms with Crippen molar-refractivity contribution in [2.45, 2.75) is 254 Å². The number of carboxylic acids is 1. The van der Waals surface area contributed by atoms with Gasteiger partial charge in [0.05, 0.1) is 65.0 Å². The van der Waals surface area contributed by atoms with E-state index >= 15 is 0 Å². The van der Waals surface area contributed by atoms with Gasteiger partial charge in [-0.1, -0.05) is 6.08 Å². The number of hydrogen-bond donors (Lipinski definition) is 24. The van der Waals surface area contributed by atoms with Gasteiger partial charge in [0.15, 0.2) is 37.7 Å². The van der Waals surface area contributed by atoms with Crippen LogP contribution in [0.3, 0.4) is 0 Å². The fourth-order valence-electron chi connectivity index (χ4n) is 12.6. The van der Waals surface area contributed by atoms with E-state index in [1.165, 1.54) is 6.08 Å². The van der Waals surface area contributed by atoms with Gasteiger partial charge >= 0.3 is 5.97 Å². The Morgan fingerprint density at radius 3 is 1.09 bits per heavy atom. The monoisotopic (exact) mass is 1440 g/mol. The third-order valence-electron chi connectivity index (χ3n) is 17.5. The van der Waals surface area contributed by atoms with Gasteiger partial charge in [-0.05, 0) is 0 Å². The average Bonchev–Trinajstić information content (AvgIpc) is 0.763. The lowest BCUT2D eigenvalue weighted by Gasteiger charge is -2.51. The molecule has 7 fully saturated rings. The molecule has 0 bridgehead atoms. The molecule has 0 radical (unpaired) electrons. The number of amides is 4. The summed E-state index contributed by atoms with van der Waals surface area (Å²) in [5, 5.41) is 231. The lowest BCUT2D eigenvalue weighted by atomic mass is 9.88. The highest BCUT2D eigenvalue weighted by Gasteiger charge is 2.62. The Labute approximate surface area is 562 Å². The van der Waals surface area contributed by atoms with Crippen molar-refractivity contribution in [3.8, 4) is 0 Å². The summed E-state index contributed by atoms with van der Waals surface area (Å²) in [5.41, 5.74) is 0. The third kappa shape index (κ3) is 18.5. The fourth-order valence-corrected chi connectivity index (χ4v) is 12.6. The maximum atomic E-state index is 13.1. The minimum absolute atomic E-state index is 0.141. The first-order valence-corrected chi connectivity index (χ1v) is 31.3. The summed E-state index contributed by atoms with van der Waals surface area (Å²) in [4.78, 5) is 63.1. The van der Waals surface area contributed by atoms with Crippen LogP contribution in [0.5, 0.6) is 0 Å². The molecular weight excluding hydrogens is 1350 g/mol. The van der Waals surface area contributed by atoms with Crippen molar-refractivity contribution in [3.63, 3.8) is 0 Å². The van der Waals surface area contributed by atoms with Gasteiger partial charge < -0.3 is 190 Å². The first-order valence-electron chi connectivity index (χ1n) is 31.3. The Morgan fingerprint density at radius 1 is 0.444 bits per heavy atom. The number of nitrogens with one attached hydrogen (secondary N) is 4. The Bertz CT molecular complexity index is 2630. The van der Waals surface area contributed by atoms with Crippen molar-refractivity contribution >= 4 is 29.6 Å². The van der Waals surface area contributed by atoms with Crippen LogP contribution in [-0.2, 0) is 90.3 Å². The van der Waals surface area contributed by atoms with E-state index in [1.807, 2.05) is 0 Å². The number of aliphatic hydroxyl groups excluding tert-OH is 19. The van der Waals surface area contributed by atoms with Gasteiger partial charge in [-0.2, -0.15) is 0 Å². The highest BCUT2D eigenvalue weighted by Crippen LogP contribution is 2.41. The Hall–Kier alpha value is -4.23. The number of carbonyl (C=O) groups excluding carboxylic acids is 4. The molecule has 0 saturated carbocycles. The van der Waals surface area contributed by atoms with E-state index in [0.717, 1.165) is 27.7 Å². The average molecular weight is 1450 g/mol. The van der Waals surface area contributed by atoms with Crippen LogP contribution in [0.15, 0.2) is 12.7 Å². The molecule has 0 aromatic heterocycles. The number of rotatable bonds is 29. The second-order valence-electron chi connectivity index (χ2n) is 24.5. The van der Waals surface area contributed by atoms with Crippen LogP contribution in [0.4, 0.5) is 0 Å². The molecule has 24 N–H and O–H groups in total. The number of carboxylic acid groups (broad SMARTS) is 1. The molecule has 0 spiro atoms. The molecular formula is C56H92N4O39. The predicted octanol–water partition coefficient (Wildman–Crippen LogP) is -15.3. The smallest absolute Gasteiger partial charge is 0.364 e. The predicted molar refractivity (Wildman–Crippen MR) is 309 cm³/mol. The second-order valence-corrected chi connectivity index (χ2v) is 24.5. The standard InChI is InChI=1S/C56H92N4O39/c1-6-7-86-49-29(58-17(3)69)36(78)42(25(13-65)90-49)93-52-39(81)46(33(75)22(10-62)87-52)96-50-30(59-18(4)70)37(79)43(26(14-66)91-50)94-53-40(82)47(34(76)23(11-63)88-53)97-51-31(60-19(5)71)38(80)44(27(15-67)92-51)95-54-41(83)48(35(77)24(12-64)89-54)99-56(55(84)85)8-20(72)28(57-16(2)68)45(98-56)32(74)21(73)9-61/h6,20-54,61-67,72-83H,1,7-15H2,2-5H3,(H,57,68)(H,58,69)(H,59,70)(H,60,71)(H,84,85)/t20-,21+,22+,23+,24+,25+,26+,27+,28+,29+,30+,31+,32+,33-,34-,35-,36+,37+,38+,39+,40+,41+,42+,43+,44+,45+,46-,47-,48-,49+,50-,51-,52-,53-,54-,56-/m0/s1. The minimum Gasteiger partial charge on any atom is -0.477 e. The van der Waals surface area contributed by atoms with Crippen molar-refractivity contribution in [1.82, 2.24) is 21.3 Å². The van der Waals surface area contributed by atoms with Crippen LogP contribution >= 0.6 is 0 Å². The van der Waals surface area contributed by atoms with Crippen molar-refractivity contribution in [3.05, 3.63) is 12.7 Å². The molecule has 43 heteroatoms. The normalized spacial score (nSPS) is 44.9. The van der Waals surface area contributed by atoms with Crippen molar-refractivity contribution < 1.29 is 192 Å². The Morgan fingerprint density at radius 2 is 0.758 bits per heavy atom. The molecule has 7 heterocycles. The molecule has 0 aliphatic carbocycles. The second kappa shape index (κ2) is 36.0. The van der Waals surface area contributed by atoms with Gasteiger partial charge in [0.1, 0.15) is 165 Å². The van der Waals surface area contributed by atoms with Gasteiger partial charge in [0, 0.05) is 34.1 Å². The molecule has 36 atom stereocenters. The van der Waals surface area contributed by atoms with Crippen LogP contribution < -0.4 is 21.3 Å². The zero-order valence-electron chi connectivity index (χ0n) is 53.6. The largest absolute Gasteiger partial charge is 0.477 e. The number of aliphatic carboxylic acids is 1. The maximum Gasteiger partial charge on any atom is 0.364 e. The van der Waals surface area contributed by atoms with E-state index in [9.17, 15) is 126 Å². The molecule has 7 aliphatic heterocycles. The number of ether oxygens (including phenoxy) is 14. The van der Waals surface area contributed by atoms with Gasteiger partial charge in [-0.25, -0.2) is 4.79 Å². The summed E-state index contributed by atoms with van der Waals surface area (Å²) in [6.45, 7) is -0.233. The third-order valence-corrected chi connectivity index (χ3v) is 17.5. The summed E-state index contributed by atoms with van der Waals surface area (Å²) < 4.78 is 81.5. The van der Waals surface area contributed by atoms with Crippen molar-refractivity contribution in [2.75, 3.05) is 52.9 Å². The van der Waals surface area contributed by atoms with E-state index in [2.05, 4.69) is 27.8 Å². The van der Waals surface area contributed by atoms with Crippen molar-refractivity contribution in [1.29, 1.82) is 0 Å². The number of aliphatic hydroxyl groups is 19. The molecule has 43 nitrogen and oxygen atoms in total. The van der Waals surface area contributed by atoms with Gasteiger partial charge in [0.25, 0.3) is 5.79 Å². The molecule has 99 heavy (non-hydrogen) atoms. The van der Waals surface area contributed by atoms with E-state index < -0.39 is 303 Å². The fraction of sp³-hybridized carbons (Fsp3) is 0.875. The summed E-state index contributed by atoms with van der Waals surface area (Å²) in [7, 11) is 0. The summed E-state index contributed by atoms with van der Waals surface area (Å²) in [5.74, 6) is -8.71. The molecule has 4 amide bonds. The summed E-state index contributed by atoms with van der Waals surface area (Å²) in [6.07, 6.45) is -62.8. The molecule has 7 saturated heterocycles. The minimum atomic E-state index is -3.23. The van der Waals surface area contributed by atoms with Crippen LogP contribution in [0.25, 0.3) is 0 Å². The lowest BCUT2D eigenvalue weighted by molar-refractivity contribution is -0.391. The van der Waals surface area contributed by atoms with E-state index in [4.69, 9.17) is 66.3 Å². The number of hydrogen-bond acceptors (Lipinski definition) is 38. The topological polar surface area (TPSA) is 667 Å². The lowest BCUT2D eigenvalue weighted by Crippen LogP contribution is -2.71. The van der Waals surface area contributed by atoms with Crippen LogP contribution in [0, 0.1) is 0 Å². The zero-order valence-corrected chi connectivity index (χ0v) is 53.6. The first-order chi connectivity index (χ1) is 46.8. The van der Waals surface area contributed by atoms with Crippen LogP contribution in [0.2, 0.25) is 0 Å². The van der Waals surface area contributed by atoms with E-state index in [0.29, 0.717) is 0 Å². The maximum absolute atomic E-state index is 13.1. The quantitative estimate of drug-likeness (QED) is 0.0309. The zero-order chi connectivity index (χ0) is 73.4. The summed E-state index contributed by atoms with van der Waals surface area (Å²) in [6, 6.07) is -6.90. The van der Waals surface area contributed by atoms with E-state index in [-0.39, 0.29) is 6.61 Å². The molecule has 570 valence electrons. The number of carbonyl (C=O) groups is 5. The van der Waals surface area contributed by atoms with Gasteiger partial charge in [0.2, 0.25) is 23.6 Å². The van der Waals surface area contributed by atoms with Crippen molar-refractivity contribution in [2.24, 2.45) is 0 Å². The van der Waals surface area contributed by atoms with Crippen LogP contribution in [-0.4, -0.2) is 405 Å². The highest BCUT2D eigenvalue weighted by atomic mass is 16.8. The van der Waals surface area contributed by atoms with E-state index in [1.54, 1.807) is 0 Å². The van der Waals surface area contributed by atoms with Gasteiger partial charge in [-0.15, -0.1) is 6.58 Å². The molecule has 0 unspecified atom stereocenters. The van der Waals surface area contributed by atoms with Crippen LogP contribution in [0.1, 0.15) is 34.1 Å². The molecule has 7 aliphatic rings. The Balaban J connectivity index is 1.10. The molecule has 0 aromatic rings.